The number of hydrogen-bond acceptors (Lipinski definition) is 8. The van der Waals surface area contributed by atoms with Crippen molar-refractivity contribution >= 4 is 29.6 Å². The van der Waals surface area contributed by atoms with Crippen LogP contribution in [-0.2, 0) is 35.0 Å². The highest BCUT2D eigenvalue weighted by Gasteiger charge is 2.41. The fraction of sp³-hybridized carbons (Fsp3) is 0.556. The molecule has 2 aromatic carbocycles. The summed E-state index contributed by atoms with van der Waals surface area (Å²) >= 11 is 0. The maximum absolute atomic E-state index is 12.6. The van der Waals surface area contributed by atoms with Gasteiger partial charge in [-0.15, -0.1) is 0 Å². The van der Waals surface area contributed by atoms with Crippen LogP contribution in [0.25, 0.3) is 22.4 Å². The van der Waals surface area contributed by atoms with Crippen LogP contribution in [0, 0.1) is 0 Å². The molecule has 0 unspecified atom stereocenters. The van der Waals surface area contributed by atoms with Crippen molar-refractivity contribution in [2.45, 2.75) is 137 Å². The van der Waals surface area contributed by atoms with Crippen LogP contribution in [0.15, 0.2) is 66.5 Å². The van der Waals surface area contributed by atoms with E-state index in [1.54, 1.807) is 25.3 Å². The molecule has 1 aliphatic carbocycles. The molecule has 10 nitrogen and oxygen atoms in total. The highest BCUT2D eigenvalue weighted by Crippen LogP contribution is 2.38. The van der Waals surface area contributed by atoms with E-state index in [2.05, 4.69) is 97.1 Å². The third kappa shape index (κ3) is 12.7. The molecule has 2 aliphatic rings. The summed E-state index contributed by atoms with van der Waals surface area (Å²) in [6, 6.07) is 17.6. The summed E-state index contributed by atoms with van der Waals surface area (Å²) in [5.41, 5.74) is 8.62. The number of aromatic nitrogens is 3. The molecule has 2 heterocycles. The van der Waals surface area contributed by atoms with Gasteiger partial charge in [0.1, 0.15) is 6.33 Å². The third-order valence-electron chi connectivity index (χ3n) is 10.2. The summed E-state index contributed by atoms with van der Waals surface area (Å²) in [4.78, 5) is 28.9. The number of carbonyl (C=O) groups excluding carboxylic acids is 2. The fourth-order valence-electron chi connectivity index (χ4n) is 7.14. The van der Waals surface area contributed by atoms with Crippen molar-refractivity contribution in [3.8, 4) is 11.1 Å². The van der Waals surface area contributed by atoms with Crippen molar-refractivity contribution in [3.05, 3.63) is 77.6 Å². The Morgan fingerprint density at radius 2 is 1.71 bits per heavy atom. The Morgan fingerprint density at radius 1 is 1.00 bits per heavy atom. The first-order valence-electron chi connectivity index (χ1n) is 20.3. The lowest BCUT2D eigenvalue weighted by atomic mass is 9.89. The van der Waals surface area contributed by atoms with Crippen molar-refractivity contribution in [2.75, 3.05) is 32.3 Å². The molecule has 1 saturated carbocycles. The van der Waals surface area contributed by atoms with Crippen molar-refractivity contribution in [2.24, 2.45) is 0 Å². The number of nitrogens with zero attached hydrogens (tertiary/aromatic N) is 4. The average molecular weight is 759 g/mol. The SMILES string of the molecule is CC.CCC(=O)OC.CCC/C=C(/C)c1ccccc1-c1ccc(C/C(C)=C(\CCC)n2ncnc2N(C=O)C2CCC(OC)(O[C@@H]3CCOC3)CC2)cc1. The van der Waals surface area contributed by atoms with Crippen LogP contribution >= 0.6 is 0 Å². The number of methoxy groups -OCH3 is 2. The Labute approximate surface area is 330 Å². The van der Waals surface area contributed by atoms with E-state index in [-0.39, 0.29) is 18.1 Å². The summed E-state index contributed by atoms with van der Waals surface area (Å²) in [6.45, 7) is 15.9. The number of unbranched alkanes of at least 4 members (excludes halogenated alkanes) is 1. The van der Waals surface area contributed by atoms with E-state index in [4.69, 9.17) is 14.2 Å². The van der Waals surface area contributed by atoms with E-state index < -0.39 is 5.79 Å². The number of allylic oxidation sites excluding steroid dienone is 4. The Kier molecular flexibility index (Phi) is 19.5. The van der Waals surface area contributed by atoms with Crippen LogP contribution in [0.4, 0.5) is 5.95 Å². The van der Waals surface area contributed by atoms with Crippen LogP contribution in [0.3, 0.4) is 0 Å². The minimum atomic E-state index is -0.636. The summed E-state index contributed by atoms with van der Waals surface area (Å²) in [5.74, 6) is -0.223. The molecule has 1 aliphatic heterocycles. The standard InChI is InChI=1S/C39H52N4O4.C4H8O2.C2H6/c1-6-8-12-29(3)35-13-9-10-14-36(35)32-17-15-31(16-18-32)25-30(4)37(11-7-2)43-38(40-27-41-43)42(28-44)33-19-22-39(45-5,23-20-33)47-34-21-24-46-26-34;1-3-4(5)6-2;1-2/h9-10,12-18,27-28,33-34H,6-8,11,19-26H2,1-5H3;3H2,1-2H3;1-2H3/b29-12-,37-30+;;/t33?,34-,39?;;/m1../s1. The predicted molar refractivity (Wildman–Crippen MR) is 222 cm³/mol. The van der Waals surface area contributed by atoms with Gasteiger partial charge in [0.2, 0.25) is 12.4 Å². The van der Waals surface area contributed by atoms with E-state index in [0.29, 0.717) is 31.8 Å². The van der Waals surface area contributed by atoms with Gasteiger partial charge in [0, 0.05) is 44.7 Å². The molecule has 0 radical (unpaired) electrons. The summed E-state index contributed by atoms with van der Waals surface area (Å²) in [7, 11) is 3.10. The smallest absolute Gasteiger partial charge is 0.305 e. The van der Waals surface area contributed by atoms with Crippen LogP contribution in [-0.4, -0.2) is 72.5 Å². The maximum atomic E-state index is 12.6. The molecule has 10 heteroatoms. The Balaban J connectivity index is 0.000000926. The van der Waals surface area contributed by atoms with Gasteiger partial charge in [-0.2, -0.15) is 10.1 Å². The second kappa shape index (κ2) is 23.7. The Morgan fingerprint density at radius 3 is 2.27 bits per heavy atom. The first-order valence-corrected chi connectivity index (χ1v) is 20.3. The second-order valence-corrected chi connectivity index (χ2v) is 13.9. The molecule has 55 heavy (non-hydrogen) atoms. The molecule has 1 atom stereocenters. The number of ether oxygens (including phenoxy) is 4. The van der Waals surface area contributed by atoms with Crippen molar-refractivity contribution < 1.29 is 28.5 Å². The monoisotopic (exact) mass is 758 g/mol. The van der Waals surface area contributed by atoms with Crippen LogP contribution in [0.1, 0.15) is 124 Å². The van der Waals surface area contributed by atoms with Gasteiger partial charge in [0.25, 0.3) is 0 Å². The zero-order valence-corrected chi connectivity index (χ0v) is 34.9. The van der Waals surface area contributed by atoms with E-state index in [9.17, 15) is 9.59 Å². The van der Waals surface area contributed by atoms with Gasteiger partial charge in [-0.3, -0.25) is 14.5 Å². The number of benzene rings is 2. The van der Waals surface area contributed by atoms with E-state index in [1.165, 1.54) is 40.5 Å². The maximum Gasteiger partial charge on any atom is 0.305 e. The van der Waals surface area contributed by atoms with Crippen molar-refractivity contribution in [1.29, 1.82) is 0 Å². The minimum absolute atomic E-state index is 0.0128. The van der Waals surface area contributed by atoms with Gasteiger partial charge in [-0.1, -0.05) is 102 Å². The fourth-order valence-corrected chi connectivity index (χ4v) is 7.14. The van der Waals surface area contributed by atoms with Crippen LogP contribution < -0.4 is 4.90 Å². The number of hydrogen-bond donors (Lipinski definition) is 0. The van der Waals surface area contributed by atoms with Gasteiger partial charge in [0.15, 0.2) is 5.79 Å². The van der Waals surface area contributed by atoms with Gasteiger partial charge in [-0.25, -0.2) is 4.68 Å². The number of anilines is 1. The van der Waals surface area contributed by atoms with Crippen LogP contribution in [0.5, 0.6) is 0 Å². The minimum Gasteiger partial charge on any atom is -0.469 e. The highest BCUT2D eigenvalue weighted by molar-refractivity contribution is 5.80. The summed E-state index contributed by atoms with van der Waals surface area (Å²) < 4.78 is 24.0. The first kappa shape index (κ1) is 45.3. The molecule has 0 spiro atoms. The molecular formula is C45H66N4O6. The molecule has 0 N–H and O–H groups in total. The lowest BCUT2D eigenvalue weighted by Gasteiger charge is -2.42. The molecule has 1 aromatic heterocycles. The zero-order valence-electron chi connectivity index (χ0n) is 34.9. The zero-order chi connectivity index (χ0) is 40.2. The molecule has 302 valence electrons. The quantitative estimate of drug-likeness (QED) is 0.0808. The molecule has 3 aromatic rings. The van der Waals surface area contributed by atoms with E-state index in [0.717, 1.165) is 70.1 Å². The summed E-state index contributed by atoms with van der Waals surface area (Å²) in [6.07, 6.45) is 13.9. The number of rotatable bonds is 16. The average Bonchev–Trinajstić information content (AvgIpc) is 3.93. The second-order valence-electron chi connectivity index (χ2n) is 13.9. The van der Waals surface area contributed by atoms with E-state index >= 15 is 0 Å². The highest BCUT2D eigenvalue weighted by atomic mass is 16.7. The normalized spacial score (nSPS) is 20.0. The van der Waals surface area contributed by atoms with Crippen molar-refractivity contribution in [1.82, 2.24) is 14.8 Å². The number of esters is 1. The predicted octanol–water partition coefficient (Wildman–Crippen LogP) is 10.1. The van der Waals surface area contributed by atoms with E-state index in [1.807, 2.05) is 18.5 Å². The lowest BCUT2D eigenvalue weighted by molar-refractivity contribution is -0.260. The van der Waals surface area contributed by atoms with Gasteiger partial charge in [0.05, 0.1) is 19.8 Å². The lowest BCUT2D eigenvalue weighted by Crippen LogP contribution is -2.48. The Bertz CT molecular complexity index is 1640. The van der Waals surface area contributed by atoms with Gasteiger partial charge >= 0.3 is 5.97 Å². The number of amides is 1. The summed E-state index contributed by atoms with van der Waals surface area (Å²) in [5, 5.41) is 4.65. The van der Waals surface area contributed by atoms with Gasteiger partial charge < -0.3 is 18.9 Å². The number of carbonyl (C=O) groups is 2. The topological polar surface area (TPSA) is 105 Å². The van der Waals surface area contributed by atoms with Crippen LogP contribution in [0.2, 0.25) is 0 Å². The molecule has 5 rings (SSSR count). The molecule has 1 saturated heterocycles. The largest absolute Gasteiger partial charge is 0.469 e. The van der Waals surface area contributed by atoms with Gasteiger partial charge in [-0.05, 0) is 85.8 Å². The molecule has 2 fully saturated rings. The molecule has 1 amide bonds. The molecular weight excluding hydrogens is 693 g/mol. The molecule has 0 bridgehead atoms. The van der Waals surface area contributed by atoms with Crippen molar-refractivity contribution in [3.63, 3.8) is 0 Å². The first-order chi connectivity index (χ1) is 26.7. The Hall–Kier alpha value is -4.12. The third-order valence-corrected chi connectivity index (χ3v) is 10.2.